The monoisotopic (exact) mass is 337 g/mol. The second-order valence-corrected chi connectivity index (χ2v) is 6.98. The van der Waals surface area contributed by atoms with Crippen LogP contribution in [0.1, 0.15) is 37.8 Å². The first-order chi connectivity index (χ1) is 9.65. The van der Waals surface area contributed by atoms with E-state index in [2.05, 4.69) is 43.9 Å². The maximum Gasteiger partial charge on any atom is 0.0378 e. The van der Waals surface area contributed by atoms with E-state index >= 15 is 0 Å². The Labute approximate surface area is 130 Å². The molecule has 2 N–H and O–H groups in total. The summed E-state index contributed by atoms with van der Waals surface area (Å²) >= 11 is 3.67. The van der Waals surface area contributed by atoms with Crippen LogP contribution in [0, 0.1) is 0 Å². The molecule has 3 nitrogen and oxygen atoms in total. The van der Waals surface area contributed by atoms with Gasteiger partial charge in [0.15, 0.2) is 0 Å². The largest absolute Gasteiger partial charge is 0.369 e. The molecule has 2 fully saturated rings. The smallest absolute Gasteiger partial charge is 0.0378 e. The van der Waals surface area contributed by atoms with Gasteiger partial charge in [-0.05, 0) is 44.0 Å². The number of anilines is 1. The van der Waals surface area contributed by atoms with E-state index in [4.69, 9.17) is 5.73 Å². The molecule has 0 spiro atoms. The van der Waals surface area contributed by atoms with Gasteiger partial charge in [-0.2, -0.15) is 0 Å². The fourth-order valence-electron chi connectivity index (χ4n) is 3.47. The molecule has 2 atom stereocenters. The lowest BCUT2D eigenvalue weighted by atomic mass is 9.99. The van der Waals surface area contributed by atoms with Gasteiger partial charge in [0.1, 0.15) is 0 Å². The lowest BCUT2D eigenvalue weighted by Crippen LogP contribution is -2.54. The van der Waals surface area contributed by atoms with Crippen molar-refractivity contribution in [3.63, 3.8) is 0 Å². The number of halogens is 1. The Hall–Kier alpha value is -0.580. The molecule has 2 aliphatic rings. The maximum atomic E-state index is 5.98. The number of nitrogens with two attached hydrogens (primary N) is 1. The van der Waals surface area contributed by atoms with Gasteiger partial charge in [-0.15, -0.1) is 0 Å². The molecular formula is C16H24BrN3. The van der Waals surface area contributed by atoms with Crippen molar-refractivity contribution < 1.29 is 0 Å². The Bertz CT molecular complexity index is 475. The normalized spacial score (nSPS) is 25.4. The fraction of sp³-hybridized carbons (Fsp3) is 0.625. The van der Waals surface area contributed by atoms with Gasteiger partial charge in [-0.3, -0.25) is 4.90 Å². The van der Waals surface area contributed by atoms with Crippen LogP contribution in [0.2, 0.25) is 0 Å². The third-order valence-electron chi connectivity index (χ3n) is 4.68. The summed E-state index contributed by atoms with van der Waals surface area (Å²) in [6.07, 6.45) is 4.13. The Kier molecular flexibility index (Phi) is 4.34. The minimum Gasteiger partial charge on any atom is -0.369 e. The van der Waals surface area contributed by atoms with E-state index in [1.807, 2.05) is 6.92 Å². The number of piperazine rings is 1. The first-order valence-corrected chi connectivity index (χ1v) is 8.48. The highest BCUT2D eigenvalue weighted by atomic mass is 79.9. The predicted octanol–water partition coefficient (Wildman–Crippen LogP) is 3.14. The van der Waals surface area contributed by atoms with Crippen molar-refractivity contribution in [1.82, 2.24) is 4.90 Å². The summed E-state index contributed by atoms with van der Waals surface area (Å²) in [6, 6.07) is 7.45. The first kappa shape index (κ1) is 14.4. The van der Waals surface area contributed by atoms with Crippen LogP contribution in [-0.4, -0.2) is 37.1 Å². The third-order valence-corrected chi connectivity index (χ3v) is 5.36. The van der Waals surface area contributed by atoms with Gasteiger partial charge in [0.2, 0.25) is 0 Å². The minimum atomic E-state index is 0.0774. The van der Waals surface area contributed by atoms with E-state index in [9.17, 15) is 0 Å². The van der Waals surface area contributed by atoms with Crippen LogP contribution in [0.25, 0.3) is 0 Å². The van der Waals surface area contributed by atoms with Gasteiger partial charge < -0.3 is 10.6 Å². The molecule has 2 saturated heterocycles. The van der Waals surface area contributed by atoms with Crippen LogP contribution in [0.4, 0.5) is 5.69 Å². The topological polar surface area (TPSA) is 32.5 Å². The van der Waals surface area contributed by atoms with Crippen LogP contribution in [0.3, 0.4) is 0 Å². The molecule has 0 aromatic heterocycles. The predicted molar refractivity (Wildman–Crippen MR) is 88.2 cm³/mol. The van der Waals surface area contributed by atoms with E-state index in [0.29, 0.717) is 0 Å². The van der Waals surface area contributed by atoms with Crippen molar-refractivity contribution in [3.05, 3.63) is 28.2 Å². The van der Waals surface area contributed by atoms with Crippen LogP contribution in [0.5, 0.6) is 0 Å². The summed E-state index contributed by atoms with van der Waals surface area (Å²) in [5.74, 6) is 0. The molecule has 0 amide bonds. The minimum absolute atomic E-state index is 0.0774. The SMILES string of the molecule is C[C@@H](N)c1ccc(N2CCN3CCCCC3C2)cc1Br. The zero-order chi connectivity index (χ0) is 14.1. The van der Waals surface area contributed by atoms with Crippen LogP contribution in [0.15, 0.2) is 22.7 Å². The number of hydrogen-bond donors (Lipinski definition) is 1. The van der Waals surface area contributed by atoms with Gasteiger partial charge in [-0.25, -0.2) is 0 Å². The second-order valence-electron chi connectivity index (χ2n) is 6.13. The molecule has 0 radical (unpaired) electrons. The van der Waals surface area contributed by atoms with Gasteiger partial charge in [0, 0.05) is 41.9 Å². The average Bonchev–Trinajstić information content (AvgIpc) is 2.46. The standard InChI is InChI=1S/C16H24BrN3/c1-12(18)15-6-5-13(10-16(15)17)20-9-8-19-7-3-2-4-14(19)11-20/h5-6,10,12,14H,2-4,7-9,11,18H2,1H3/t12-,14?/m1/s1. The lowest BCUT2D eigenvalue weighted by molar-refractivity contribution is 0.133. The summed E-state index contributed by atoms with van der Waals surface area (Å²) in [5, 5.41) is 0. The number of hydrogen-bond acceptors (Lipinski definition) is 3. The van der Waals surface area contributed by atoms with E-state index in [1.165, 1.54) is 50.1 Å². The molecule has 0 aliphatic carbocycles. The maximum absolute atomic E-state index is 5.98. The molecule has 3 rings (SSSR count). The number of nitrogens with zero attached hydrogens (tertiary/aromatic N) is 2. The van der Waals surface area contributed by atoms with Crippen molar-refractivity contribution in [1.29, 1.82) is 0 Å². The highest BCUT2D eigenvalue weighted by molar-refractivity contribution is 9.10. The van der Waals surface area contributed by atoms with Crippen LogP contribution >= 0.6 is 15.9 Å². The highest BCUT2D eigenvalue weighted by Gasteiger charge is 2.29. The lowest BCUT2D eigenvalue weighted by Gasteiger charge is -2.45. The molecule has 1 unspecified atom stereocenters. The van der Waals surface area contributed by atoms with Crippen LogP contribution < -0.4 is 10.6 Å². The molecule has 2 heterocycles. The molecule has 0 bridgehead atoms. The Morgan fingerprint density at radius 1 is 1.25 bits per heavy atom. The molecule has 0 saturated carbocycles. The molecule has 110 valence electrons. The van der Waals surface area contributed by atoms with Gasteiger partial charge in [0.05, 0.1) is 0 Å². The summed E-state index contributed by atoms with van der Waals surface area (Å²) < 4.78 is 1.14. The molecule has 1 aromatic carbocycles. The first-order valence-electron chi connectivity index (χ1n) is 7.69. The molecule has 4 heteroatoms. The van der Waals surface area contributed by atoms with E-state index in [1.54, 1.807) is 0 Å². The average molecular weight is 338 g/mol. The van der Waals surface area contributed by atoms with E-state index in [-0.39, 0.29) is 6.04 Å². The summed E-state index contributed by atoms with van der Waals surface area (Å²) in [7, 11) is 0. The van der Waals surface area contributed by atoms with Gasteiger partial charge in [-0.1, -0.05) is 28.4 Å². The van der Waals surface area contributed by atoms with Crippen molar-refractivity contribution in [2.75, 3.05) is 31.1 Å². The zero-order valence-electron chi connectivity index (χ0n) is 12.2. The number of rotatable bonds is 2. The molecule has 1 aromatic rings. The van der Waals surface area contributed by atoms with Crippen molar-refractivity contribution >= 4 is 21.6 Å². The quantitative estimate of drug-likeness (QED) is 0.899. The van der Waals surface area contributed by atoms with Crippen molar-refractivity contribution in [3.8, 4) is 0 Å². The van der Waals surface area contributed by atoms with Crippen LogP contribution in [-0.2, 0) is 0 Å². The Morgan fingerprint density at radius 2 is 2.10 bits per heavy atom. The summed E-state index contributed by atoms with van der Waals surface area (Å²) in [4.78, 5) is 5.20. The summed E-state index contributed by atoms with van der Waals surface area (Å²) in [5.41, 5.74) is 8.49. The summed E-state index contributed by atoms with van der Waals surface area (Å²) in [6.45, 7) is 6.84. The molecular weight excluding hydrogens is 314 g/mol. The Morgan fingerprint density at radius 3 is 2.85 bits per heavy atom. The molecule has 2 aliphatic heterocycles. The Balaban J connectivity index is 1.75. The van der Waals surface area contributed by atoms with E-state index in [0.717, 1.165) is 17.1 Å². The highest BCUT2D eigenvalue weighted by Crippen LogP contribution is 2.30. The number of piperidine rings is 1. The van der Waals surface area contributed by atoms with Gasteiger partial charge in [0.25, 0.3) is 0 Å². The fourth-order valence-corrected chi connectivity index (χ4v) is 4.20. The van der Waals surface area contributed by atoms with Crippen molar-refractivity contribution in [2.24, 2.45) is 5.73 Å². The van der Waals surface area contributed by atoms with E-state index < -0.39 is 0 Å². The number of benzene rings is 1. The second kappa shape index (κ2) is 6.04. The van der Waals surface area contributed by atoms with Gasteiger partial charge >= 0.3 is 0 Å². The molecule has 20 heavy (non-hydrogen) atoms. The zero-order valence-corrected chi connectivity index (χ0v) is 13.8. The van der Waals surface area contributed by atoms with Crippen molar-refractivity contribution in [2.45, 2.75) is 38.3 Å². The third kappa shape index (κ3) is 2.87. The number of fused-ring (bicyclic) bond motifs is 1.